The van der Waals surface area contributed by atoms with Crippen LogP contribution in [0.15, 0.2) is 12.1 Å². The number of hydrogen-bond acceptors (Lipinski definition) is 2. The Labute approximate surface area is 167 Å². The van der Waals surface area contributed by atoms with Gasteiger partial charge in [0.05, 0.1) is 0 Å². The predicted molar refractivity (Wildman–Crippen MR) is 117 cm³/mol. The highest BCUT2D eigenvalue weighted by Gasteiger charge is 2.30. The van der Waals surface area contributed by atoms with Crippen LogP contribution in [-0.2, 0) is 21.6 Å². The van der Waals surface area contributed by atoms with Gasteiger partial charge >= 0.3 is 0 Å². The average Bonchev–Trinajstić information content (AvgIpc) is 2.34. The molecule has 0 bridgehead atoms. The molecule has 0 saturated heterocycles. The molecule has 0 radical (unpaired) electrons. The summed E-state index contributed by atoms with van der Waals surface area (Å²) in [4.78, 5) is 10.7. The van der Waals surface area contributed by atoms with Gasteiger partial charge in [-0.15, -0.1) is 0 Å². The molecule has 1 rings (SSSR count). The molecule has 0 amide bonds. The summed E-state index contributed by atoms with van der Waals surface area (Å²) in [5, 5.41) is 10.8. The summed E-state index contributed by atoms with van der Waals surface area (Å²) in [6.07, 6.45) is 1.42. The topological polar surface area (TPSA) is 57.5 Å². The Morgan fingerprint density at radius 1 is 0.926 bits per heavy atom. The van der Waals surface area contributed by atoms with E-state index in [0.717, 1.165) is 23.1 Å². The molecular weight excluding hydrogens is 355 g/mol. The summed E-state index contributed by atoms with van der Waals surface area (Å²) in [7, 11) is -3.30. The van der Waals surface area contributed by atoms with Crippen LogP contribution in [0.5, 0.6) is 5.75 Å². The zero-order valence-electron chi connectivity index (χ0n) is 19.1. The van der Waals surface area contributed by atoms with Crippen molar-refractivity contribution >= 4 is 7.37 Å². The molecule has 0 fully saturated rings. The summed E-state index contributed by atoms with van der Waals surface area (Å²) >= 11 is 0. The van der Waals surface area contributed by atoms with Gasteiger partial charge in [0.15, 0.2) is 0 Å². The van der Waals surface area contributed by atoms with Gasteiger partial charge in [-0.05, 0) is 45.3 Å². The monoisotopic (exact) mass is 396 g/mol. The van der Waals surface area contributed by atoms with Crippen LogP contribution in [-0.4, -0.2) is 16.2 Å². The zero-order chi connectivity index (χ0) is 21.4. The van der Waals surface area contributed by atoms with Crippen LogP contribution < -0.4 is 0 Å². The molecule has 0 aromatic heterocycles. The van der Waals surface area contributed by atoms with Crippen molar-refractivity contribution in [2.75, 3.05) is 6.16 Å². The summed E-state index contributed by atoms with van der Waals surface area (Å²) < 4.78 is 13.0. The van der Waals surface area contributed by atoms with Crippen molar-refractivity contribution in [1.82, 2.24) is 0 Å². The minimum atomic E-state index is -3.30. The van der Waals surface area contributed by atoms with E-state index in [-0.39, 0.29) is 28.3 Å². The number of aromatic hydroxyl groups is 1. The standard InChI is InChI=1S/C23H41O3P/c1-16(13-21(2,3)4)14-27(25,26)15-17-11-18(22(5,6)7)20(24)19(12-17)23(8,9)10/h11-12,16,24H,13-15H2,1-10H3,(H,25,26). The van der Waals surface area contributed by atoms with Crippen molar-refractivity contribution in [2.24, 2.45) is 11.3 Å². The number of benzene rings is 1. The van der Waals surface area contributed by atoms with Crippen molar-refractivity contribution in [2.45, 2.75) is 92.7 Å². The molecule has 0 aliphatic carbocycles. The Balaban J connectivity index is 3.24. The van der Waals surface area contributed by atoms with E-state index in [1.807, 2.05) is 12.1 Å². The molecule has 0 saturated carbocycles. The molecule has 4 heteroatoms. The molecule has 3 nitrogen and oxygen atoms in total. The highest BCUT2D eigenvalue weighted by molar-refractivity contribution is 7.57. The van der Waals surface area contributed by atoms with E-state index in [1.54, 1.807) is 0 Å². The van der Waals surface area contributed by atoms with Crippen molar-refractivity contribution in [3.8, 4) is 5.75 Å². The number of phenols is 1. The second-order valence-corrected chi connectivity index (χ2v) is 14.0. The molecule has 2 atom stereocenters. The van der Waals surface area contributed by atoms with Crippen LogP contribution in [0.4, 0.5) is 0 Å². The van der Waals surface area contributed by atoms with Crippen LogP contribution in [0.25, 0.3) is 0 Å². The van der Waals surface area contributed by atoms with Gasteiger partial charge in [-0.25, -0.2) is 0 Å². The largest absolute Gasteiger partial charge is 0.507 e. The minimum Gasteiger partial charge on any atom is -0.507 e. The molecule has 27 heavy (non-hydrogen) atoms. The Morgan fingerprint density at radius 2 is 1.33 bits per heavy atom. The second-order valence-electron chi connectivity index (χ2n) is 11.6. The molecule has 156 valence electrons. The van der Waals surface area contributed by atoms with Gasteiger partial charge in [0.2, 0.25) is 7.37 Å². The first kappa shape index (κ1) is 24.2. The van der Waals surface area contributed by atoms with Crippen LogP contribution in [0, 0.1) is 11.3 Å². The SMILES string of the molecule is CC(CC(C)(C)C)CP(=O)(O)Cc1cc(C(C)(C)C)c(O)c(C(C)(C)C)c1. The lowest BCUT2D eigenvalue weighted by Crippen LogP contribution is -2.18. The van der Waals surface area contributed by atoms with Gasteiger partial charge in [-0.1, -0.05) is 81.4 Å². The molecular formula is C23H41O3P. The fourth-order valence-corrected chi connectivity index (χ4v) is 5.86. The fraction of sp³-hybridized carbons (Fsp3) is 0.739. The zero-order valence-corrected chi connectivity index (χ0v) is 20.0. The predicted octanol–water partition coefficient (Wildman–Crippen LogP) is 6.83. The first-order chi connectivity index (χ1) is 11.8. The average molecular weight is 397 g/mol. The molecule has 1 aromatic rings. The van der Waals surface area contributed by atoms with E-state index >= 15 is 0 Å². The van der Waals surface area contributed by atoms with Crippen LogP contribution in [0.2, 0.25) is 0 Å². The van der Waals surface area contributed by atoms with Crippen molar-refractivity contribution < 1.29 is 14.6 Å². The lowest BCUT2D eigenvalue weighted by molar-refractivity contribution is 0.317. The summed E-state index contributed by atoms with van der Waals surface area (Å²) in [5.74, 6) is 0.509. The van der Waals surface area contributed by atoms with Crippen LogP contribution in [0.1, 0.15) is 92.3 Å². The summed E-state index contributed by atoms with van der Waals surface area (Å²) in [6.45, 7) is 20.9. The van der Waals surface area contributed by atoms with Gasteiger partial charge in [0.1, 0.15) is 5.75 Å². The maximum absolute atomic E-state index is 13.0. The third kappa shape index (κ3) is 7.62. The van der Waals surface area contributed by atoms with Crippen molar-refractivity contribution in [3.63, 3.8) is 0 Å². The molecule has 0 aliphatic heterocycles. The fourth-order valence-electron chi connectivity index (χ4n) is 3.88. The minimum absolute atomic E-state index is 0.150. The Hall–Kier alpha value is -0.790. The molecule has 2 N–H and O–H groups in total. The van der Waals surface area contributed by atoms with Gasteiger partial charge in [0, 0.05) is 12.3 Å². The highest BCUT2D eigenvalue weighted by atomic mass is 31.2. The maximum atomic E-state index is 13.0. The van der Waals surface area contributed by atoms with Gasteiger partial charge < -0.3 is 10.00 Å². The van der Waals surface area contributed by atoms with Crippen molar-refractivity contribution in [3.05, 3.63) is 28.8 Å². The van der Waals surface area contributed by atoms with Crippen LogP contribution in [0.3, 0.4) is 0 Å². The number of rotatable bonds is 5. The Morgan fingerprint density at radius 3 is 1.67 bits per heavy atom. The lowest BCUT2D eigenvalue weighted by atomic mass is 9.78. The highest BCUT2D eigenvalue weighted by Crippen LogP contribution is 2.49. The lowest BCUT2D eigenvalue weighted by Gasteiger charge is -2.29. The first-order valence-electron chi connectivity index (χ1n) is 9.99. The van der Waals surface area contributed by atoms with E-state index in [4.69, 9.17) is 0 Å². The van der Waals surface area contributed by atoms with E-state index in [1.165, 1.54) is 0 Å². The maximum Gasteiger partial charge on any atom is 0.205 e. The van der Waals surface area contributed by atoms with Gasteiger partial charge in [-0.3, -0.25) is 4.57 Å². The van der Waals surface area contributed by atoms with Crippen molar-refractivity contribution in [1.29, 1.82) is 0 Å². The van der Waals surface area contributed by atoms with E-state index < -0.39 is 7.37 Å². The number of phenolic OH excluding ortho intramolecular Hbond substituents is 1. The molecule has 0 heterocycles. The Kier molecular flexibility index (Phi) is 7.11. The third-order valence-corrected chi connectivity index (χ3v) is 6.83. The summed E-state index contributed by atoms with van der Waals surface area (Å²) in [5.41, 5.74) is 2.20. The van der Waals surface area contributed by atoms with Gasteiger partial charge in [-0.2, -0.15) is 0 Å². The first-order valence-corrected chi connectivity index (χ1v) is 12.0. The Bertz CT molecular complexity index is 665. The van der Waals surface area contributed by atoms with Gasteiger partial charge in [0.25, 0.3) is 0 Å². The summed E-state index contributed by atoms with van der Waals surface area (Å²) in [6, 6.07) is 3.84. The molecule has 0 spiro atoms. The quantitative estimate of drug-likeness (QED) is 0.536. The van der Waals surface area contributed by atoms with E-state index in [2.05, 4.69) is 69.2 Å². The normalized spacial score (nSPS) is 16.9. The molecule has 0 aliphatic rings. The molecule has 2 unspecified atom stereocenters. The van der Waals surface area contributed by atoms with E-state index in [0.29, 0.717) is 11.9 Å². The molecule has 1 aromatic carbocycles. The number of hydrogen-bond donors (Lipinski definition) is 2. The van der Waals surface area contributed by atoms with Crippen LogP contribution >= 0.6 is 7.37 Å². The third-order valence-electron chi connectivity index (χ3n) is 4.77. The van der Waals surface area contributed by atoms with E-state index in [9.17, 15) is 14.6 Å². The smallest absolute Gasteiger partial charge is 0.205 e. The second kappa shape index (κ2) is 7.91.